The number of hydrogen-bond donors (Lipinski definition) is 2. The van der Waals surface area contributed by atoms with Crippen molar-refractivity contribution in [1.29, 1.82) is 0 Å². The monoisotopic (exact) mass is 320 g/mol. The molecular formula is C13H24N2O3S2. The van der Waals surface area contributed by atoms with Crippen LogP contribution in [0.3, 0.4) is 0 Å². The van der Waals surface area contributed by atoms with Crippen LogP contribution in [0.1, 0.15) is 23.6 Å². The molecule has 1 aromatic rings. The summed E-state index contributed by atoms with van der Waals surface area (Å²) in [6, 6.07) is 1.73. The summed E-state index contributed by atoms with van der Waals surface area (Å²) >= 11 is 1.50. The Morgan fingerprint density at radius 1 is 1.40 bits per heavy atom. The van der Waals surface area contributed by atoms with Crippen LogP contribution < -0.4 is 10.0 Å². The van der Waals surface area contributed by atoms with E-state index in [1.807, 2.05) is 14.0 Å². The molecule has 0 aliphatic heterocycles. The topological polar surface area (TPSA) is 67.4 Å². The average molecular weight is 320 g/mol. The van der Waals surface area contributed by atoms with Gasteiger partial charge in [0.2, 0.25) is 10.0 Å². The van der Waals surface area contributed by atoms with E-state index in [1.165, 1.54) is 11.3 Å². The standard InChI is InChI=1S/C13H24N2O3S2/c1-10(2)9-18-6-5-15-20(16,17)13-7-12(8-14-4)19-11(13)3/h7,10,14-15H,5-6,8-9H2,1-4H3. The molecule has 20 heavy (non-hydrogen) atoms. The van der Waals surface area contributed by atoms with Gasteiger partial charge in [0.25, 0.3) is 0 Å². The van der Waals surface area contributed by atoms with E-state index in [1.54, 1.807) is 6.07 Å². The van der Waals surface area contributed by atoms with Crippen LogP contribution in [0, 0.1) is 12.8 Å². The molecule has 0 fully saturated rings. The van der Waals surface area contributed by atoms with Crippen LogP contribution in [0.5, 0.6) is 0 Å². The number of nitrogens with one attached hydrogen (secondary N) is 2. The molecule has 1 aromatic heterocycles. The van der Waals surface area contributed by atoms with E-state index in [0.717, 1.165) is 9.75 Å². The van der Waals surface area contributed by atoms with Crippen LogP contribution in [0.15, 0.2) is 11.0 Å². The molecule has 7 heteroatoms. The van der Waals surface area contributed by atoms with Crippen LogP contribution in [-0.4, -0.2) is 35.2 Å². The SMILES string of the molecule is CNCc1cc(S(=O)(=O)NCCOCC(C)C)c(C)s1. The van der Waals surface area contributed by atoms with Crippen molar-refractivity contribution < 1.29 is 13.2 Å². The summed E-state index contributed by atoms with van der Waals surface area (Å²) in [6.45, 7) is 7.96. The minimum absolute atomic E-state index is 0.297. The first-order valence-corrected chi connectivity index (χ1v) is 8.98. The second kappa shape index (κ2) is 8.09. The highest BCUT2D eigenvalue weighted by Gasteiger charge is 2.19. The van der Waals surface area contributed by atoms with Gasteiger partial charge in [0.1, 0.15) is 0 Å². The van der Waals surface area contributed by atoms with Crippen LogP contribution in [0.2, 0.25) is 0 Å². The average Bonchev–Trinajstić information content (AvgIpc) is 2.70. The van der Waals surface area contributed by atoms with E-state index in [2.05, 4.69) is 23.9 Å². The molecule has 0 atom stereocenters. The fourth-order valence-corrected chi connectivity index (χ4v) is 4.36. The smallest absolute Gasteiger partial charge is 0.241 e. The minimum atomic E-state index is -3.44. The Labute approximate surface area is 125 Å². The molecule has 5 nitrogen and oxygen atoms in total. The third kappa shape index (κ3) is 5.49. The van der Waals surface area contributed by atoms with Crippen molar-refractivity contribution >= 4 is 21.4 Å². The van der Waals surface area contributed by atoms with Gasteiger partial charge < -0.3 is 10.1 Å². The van der Waals surface area contributed by atoms with E-state index in [0.29, 0.717) is 37.1 Å². The molecule has 0 aliphatic rings. The number of thiophene rings is 1. The van der Waals surface area contributed by atoms with Crippen molar-refractivity contribution in [2.24, 2.45) is 5.92 Å². The number of sulfonamides is 1. The molecule has 0 radical (unpaired) electrons. The van der Waals surface area contributed by atoms with E-state index in [4.69, 9.17) is 4.74 Å². The first-order chi connectivity index (χ1) is 9.36. The summed E-state index contributed by atoms with van der Waals surface area (Å²) < 4.78 is 32.3. The molecule has 2 N–H and O–H groups in total. The fraction of sp³-hybridized carbons (Fsp3) is 0.692. The molecule has 0 unspecified atom stereocenters. The first kappa shape index (κ1) is 17.6. The largest absolute Gasteiger partial charge is 0.380 e. The van der Waals surface area contributed by atoms with Gasteiger partial charge >= 0.3 is 0 Å². The molecular weight excluding hydrogens is 296 g/mol. The van der Waals surface area contributed by atoms with Crippen molar-refractivity contribution in [2.45, 2.75) is 32.2 Å². The summed E-state index contributed by atoms with van der Waals surface area (Å²) in [5.74, 6) is 0.454. The number of aryl methyl sites for hydroxylation is 1. The highest BCUT2D eigenvalue weighted by Crippen LogP contribution is 2.25. The lowest BCUT2D eigenvalue weighted by atomic mass is 10.2. The molecule has 1 rings (SSSR count). The Morgan fingerprint density at radius 2 is 2.10 bits per heavy atom. The van der Waals surface area contributed by atoms with Gasteiger partial charge in [0, 0.05) is 29.5 Å². The maximum atomic E-state index is 12.2. The van der Waals surface area contributed by atoms with Crippen LogP contribution >= 0.6 is 11.3 Å². The number of hydrogen-bond acceptors (Lipinski definition) is 5. The minimum Gasteiger partial charge on any atom is -0.380 e. The van der Waals surface area contributed by atoms with E-state index >= 15 is 0 Å². The summed E-state index contributed by atoms with van der Waals surface area (Å²) in [5, 5.41) is 3.02. The van der Waals surface area contributed by atoms with Gasteiger partial charge in [-0.25, -0.2) is 13.1 Å². The second-order valence-electron chi connectivity index (χ2n) is 5.03. The Kier molecular flexibility index (Phi) is 7.11. The maximum Gasteiger partial charge on any atom is 0.241 e. The normalized spacial score (nSPS) is 12.2. The molecule has 116 valence electrons. The molecule has 1 heterocycles. The molecule has 0 spiro atoms. The Hall–Kier alpha value is -0.470. The Morgan fingerprint density at radius 3 is 2.70 bits per heavy atom. The molecule has 0 saturated heterocycles. The molecule has 0 aliphatic carbocycles. The van der Waals surface area contributed by atoms with Crippen molar-refractivity contribution in [3.8, 4) is 0 Å². The van der Waals surface area contributed by atoms with Crippen molar-refractivity contribution in [3.63, 3.8) is 0 Å². The predicted octanol–water partition coefficient (Wildman–Crippen LogP) is 1.73. The van der Waals surface area contributed by atoms with Gasteiger partial charge in [-0.3, -0.25) is 0 Å². The van der Waals surface area contributed by atoms with Crippen molar-refractivity contribution in [1.82, 2.24) is 10.0 Å². The maximum absolute atomic E-state index is 12.2. The van der Waals surface area contributed by atoms with Gasteiger partial charge in [-0.1, -0.05) is 13.8 Å². The van der Waals surface area contributed by atoms with E-state index < -0.39 is 10.0 Å². The van der Waals surface area contributed by atoms with Gasteiger partial charge in [-0.15, -0.1) is 11.3 Å². The lowest BCUT2D eigenvalue weighted by Gasteiger charge is -2.08. The molecule has 0 aromatic carbocycles. The lowest BCUT2D eigenvalue weighted by Crippen LogP contribution is -2.28. The highest BCUT2D eigenvalue weighted by molar-refractivity contribution is 7.89. The molecule has 0 saturated carbocycles. The Balaban J connectivity index is 2.55. The number of rotatable bonds is 9. The summed E-state index contributed by atoms with van der Waals surface area (Å²) in [7, 11) is -1.60. The van der Waals surface area contributed by atoms with Crippen LogP contribution in [-0.2, 0) is 21.3 Å². The zero-order valence-electron chi connectivity index (χ0n) is 12.5. The second-order valence-corrected chi connectivity index (χ2v) is 8.11. The van der Waals surface area contributed by atoms with Gasteiger partial charge in [0.05, 0.1) is 11.5 Å². The molecule has 0 bridgehead atoms. The highest BCUT2D eigenvalue weighted by atomic mass is 32.2. The zero-order valence-corrected chi connectivity index (χ0v) is 14.2. The van der Waals surface area contributed by atoms with Gasteiger partial charge in [-0.05, 0) is 26.0 Å². The zero-order chi connectivity index (χ0) is 15.2. The van der Waals surface area contributed by atoms with Gasteiger partial charge in [-0.2, -0.15) is 0 Å². The summed E-state index contributed by atoms with van der Waals surface area (Å²) in [6.07, 6.45) is 0. The van der Waals surface area contributed by atoms with Crippen LogP contribution in [0.25, 0.3) is 0 Å². The summed E-state index contributed by atoms with van der Waals surface area (Å²) in [4.78, 5) is 2.20. The van der Waals surface area contributed by atoms with Crippen molar-refractivity contribution in [3.05, 3.63) is 15.8 Å². The third-order valence-electron chi connectivity index (χ3n) is 2.55. The quantitative estimate of drug-likeness (QED) is 0.680. The summed E-state index contributed by atoms with van der Waals surface area (Å²) in [5.41, 5.74) is 0. The molecule has 0 amide bonds. The van der Waals surface area contributed by atoms with Gasteiger partial charge in [0.15, 0.2) is 0 Å². The first-order valence-electron chi connectivity index (χ1n) is 6.68. The number of ether oxygens (including phenoxy) is 1. The predicted molar refractivity (Wildman–Crippen MR) is 82.7 cm³/mol. The van der Waals surface area contributed by atoms with E-state index in [-0.39, 0.29) is 0 Å². The third-order valence-corrected chi connectivity index (χ3v) is 5.32. The van der Waals surface area contributed by atoms with Crippen LogP contribution in [0.4, 0.5) is 0 Å². The Bertz CT molecular complexity index is 510. The van der Waals surface area contributed by atoms with Crippen molar-refractivity contribution in [2.75, 3.05) is 26.8 Å². The lowest BCUT2D eigenvalue weighted by molar-refractivity contribution is 0.114. The fourth-order valence-electron chi connectivity index (χ4n) is 1.70. The van der Waals surface area contributed by atoms with E-state index in [9.17, 15) is 8.42 Å².